The number of rotatable bonds is 2. The molecular formula is C10H20KO-. The summed E-state index contributed by atoms with van der Waals surface area (Å²) in [6.07, 6.45) is 0.490. The van der Waals surface area contributed by atoms with E-state index >= 15 is 0 Å². The largest absolute Gasteiger partial charge is 1.00 e. The first-order valence-corrected chi connectivity index (χ1v) is 3.53. The number of hydrogen-bond acceptors (Lipinski definition) is 1. The second-order valence-corrected chi connectivity index (χ2v) is 3.74. The van der Waals surface area contributed by atoms with E-state index in [4.69, 9.17) is 0 Å². The zero-order valence-electron chi connectivity index (χ0n) is 8.11. The van der Waals surface area contributed by atoms with Crippen LogP contribution >= 0.6 is 0 Å². The van der Waals surface area contributed by atoms with Gasteiger partial charge in [-0.25, -0.2) is 0 Å². The van der Waals surface area contributed by atoms with Gasteiger partial charge in [-0.2, -0.15) is 0 Å². The van der Waals surface area contributed by atoms with E-state index in [2.05, 4.69) is 13.8 Å². The number of carbonyl (C=O) groups excluding carboxylic acids is 1. The summed E-state index contributed by atoms with van der Waals surface area (Å²) in [6, 6.07) is 0. The predicted molar refractivity (Wildman–Crippen MR) is 50.0 cm³/mol. The first kappa shape index (κ1) is 19.0. The quantitative estimate of drug-likeness (QED) is 0.445. The van der Waals surface area contributed by atoms with Gasteiger partial charge in [0.05, 0.1) is 0 Å². The SMILES string of the molecule is C.[CH2-]C([CH2-])CC(=O)C(C)(C)C.[K+]. The van der Waals surface area contributed by atoms with Gasteiger partial charge >= 0.3 is 51.4 Å². The Morgan fingerprint density at radius 3 is 1.75 bits per heavy atom. The first-order valence-electron chi connectivity index (χ1n) is 3.53. The van der Waals surface area contributed by atoms with Gasteiger partial charge in [0.25, 0.3) is 0 Å². The van der Waals surface area contributed by atoms with Crippen molar-refractivity contribution < 1.29 is 56.2 Å². The van der Waals surface area contributed by atoms with Crippen LogP contribution < -0.4 is 51.4 Å². The average molecular weight is 195 g/mol. The molecular weight excluding hydrogens is 175 g/mol. The minimum absolute atomic E-state index is 0. The number of hydrogen-bond donors (Lipinski definition) is 0. The van der Waals surface area contributed by atoms with Crippen molar-refractivity contribution in [3.8, 4) is 0 Å². The molecule has 0 spiro atoms. The molecule has 2 heteroatoms. The first-order chi connectivity index (χ1) is 4.34. The van der Waals surface area contributed by atoms with Crippen LogP contribution in [0.25, 0.3) is 0 Å². The molecule has 0 aliphatic rings. The number of ketones is 1. The molecule has 0 heterocycles. The number of Topliss-reactive ketones (excluding diaryl/α,β-unsaturated/α-hetero) is 1. The molecule has 0 rings (SSSR count). The van der Waals surface area contributed by atoms with Crippen molar-refractivity contribution in [2.24, 2.45) is 11.3 Å². The van der Waals surface area contributed by atoms with Crippen molar-refractivity contribution in [1.82, 2.24) is 0 Å². The second kappa shape index (κ2) is 7.69. The molecule has 0 fully saturated rings. The molecule has 68 valence electrons. The minimum atomic E-state index is -0.229. The van der Waals surface area contributed by atoms with Gasteiger partial charge in [-0.05, 0) is 6.42 Å². The van der Waals surface area contributed by atoms with Crippen LogP contribution in [0.4, 0.5) is 0 Å². The maximum atomic E-state index is 11.2. The van der Waals surface area contributed by atoms with Crippen molar-refractivity contribution in [3.05, 3.63) is 13.8 Å². The molecule has 12 heavy (non-hydrogen) atoms. The molecule has 0 atom stereocenters. The van der Waals surface area contributed by atoms with Crippen molar-refractivity contribution >= 4 is 5.78 Å². The summed E-state index contributed by atoms with van der Waals surface area (Å²) in [4.78, 5) is 11.2. The van der Waals surface area contributed by atoms with E-state index < -0.39 is 0 Å². The third-order valence-electron chi connectivity index (χ3n) is 1.31. The Hall–Kier alpha value is 1.31. The fourth-order valence-electron chi connectivity index (χ4n) is 0.568. The van der Waals surface area contributed by atoms with Crippen LogP contribution in [-0.4, -0.2) is 5.78 Å². The summed E-state index contributed by atoms with van der Waals surface area (Å²) in [7, 11) is 0. The van der Waals surface area contributed by atoms with Crippen molar-refractivity contribution in [2.45, 2.75) is 34.6 Å². The summed E-state index contributed by atoms with van der Waals surface area (Å²) in [5, 5.41) is 0. The standard InChI is InChI=1S/C9H16O.CH4.K/c1-7(2)6-8(10)9(3,4)5;;/h7H,1-2,6H2,3-5H3;1H4;/q-2;;+1. The van der Waals surface area contributed by atoms with Crippen molar-refractivity contribution in [3.63, 3.8) is 0 Å². The van der Waals surface area contributed by atoms with Crippen LogP contribution in [0.2, 0.25) is 0 Å². The summed E-state index contributed by atoms with van der Waals surface area (Å²) in [5.74, 6) is 0.231. The third kappa shape index (κ3) is 9.39. The second-order valence-electron chi connectivity index (χ2n) is 3.74. The molecule has 0 saturated carbocycles. The molecule has 1 nitrogen and oxygen atoms in total. The van der Waals surface area contributed by atoms with Gasteiger partial charge in [-0.15, -0.1) is 0 Å². The summed E-state index contributed by atoms with van der Waals surface area (Å²) >= 11 is 0. The summed E-state index contributed by atoms with van der Waals surface area (Å²) < 4.78 is 0. The molecule has 0 aliphatic carbocycles. The Morgan fingerprint density at radius 2 is 1.67 bits per heavy atom. The van der Waals surface area contributed by atoms with Gasteiger partial charge in [0.2, 0.25) is 0 Å². The Balaban J connectivity index is -0.000000405. The van der Waals surface area contributed by atoms with Crippen LogP contribution in [0.3, 0.4) is 0 Å². The van der Waals surface area contributed by atoms with Gasteiger partial charge in [0.1, 0.15) is 5.78 Å². The molecule has 0 aromatic rings. The fourth-order valence-corrected chi connectivity index (χ4v) is 0.568. The van der Waals surface area contributed by atoms with E-state index in [1.807, 2.05) is 20.8 Å². The summed E-state index contributed by atoms with van der Waals surface area (Å²) in [5.41, 5.74) is -0.229. The average Bonchev–Trinajstić information content (AvgIpc) is 1.60. The Morgan fingerprint density at radius 1 is 1.33 bits per heavy atom. The molecule has 0 saturated heterocycles. The van der Waals surface area contributed by atoms with E-state index in [0.717, 1.165) is 0 Å². The van der Waals surface area contributed by atoms with Gasteiger partial charge < -0.3 is 13.8 Å². The molecule has 0 aliphatic heterocycles. The zero-order chi connectivity index (χ0) is 8.36. The van der Waals surface area contributed by atoms with Crippen LogP contribution in [0.15, 0.2) is 0 Å². The molecule has 0 N–H and O–H groups in total. The maximum absolute atomic E-state index is 11.2. The van der Waals surface area contributed by atoms with Gasteiger partial charge in [0.15, 0.2) is 0 Å². The van der Waals surface area contributed by atoms with Crippen LogP contribution in [0, 0.1) is 25.2 Å². The molecule has 0 aromatic heterocycles. The van der Waals surface area contributed by atoms with E-state index in [0.29, 0.717) is 6.42 Å². The van der Waals surface area contributed by atoms with E-state index in [1.54, 1.807) is 0 Å². The normalized spacial score (nSPS) is 10.2. The number of carbonyl (C=O) groups is 1. The molecule has 0 unspecified atom stereocenters. The van der Waals surface area contributed by atoms with Crippen molar-refractivity contribution in [2.75, 3.05) is 0 Å². The minimum Gasteiger partial charge on any atom is -0.369 e. The maximum Gasteiger partial charge on any atom is 1.00 e. The van der Waals surface area contributed by atoms with Gasteiger partial charge in [0, 0.05) is 5.41 Å². The van der Waals surface area contributed by atoms with Crippen LogP contribution in [-0.2, 0) is 4.79 Å². The van der Waals surface area contributed by atoms with Crippen LogP contribution in [0.1, 0.15) is 34.6 Å². The monoisotopic (exact) mass is 195 g/mol. The van der Waals surface area contributed by atoms with E-state index in [1.165, 1.54) is 0 Å². The third-order valence-corrected chi connectivity index (χ3v) is 1.31. The van der Waals surface area contributed by atoms with E-state index in [9.17, 15) is 4.79 Å². The van der Waals surface area contributed by atoms with Crippen molar-refractivity contribution in [1.29, 1.82) is 0 Å². The topological polar surface area (TPSA) is 17.1 Å². The van der Waals surface area contributed by atoms with Crippen LogP contribution in [0.5, 0.6) is 0 Å². The Labute approximate surface area is 120 Å². The molecule has 0 radical (unpaired) electrons. The van der Waals surface area contributed by atoms with Gasteiger partial charge in [-0.1, -0.05) is 28.2 Å². The molecule has 0 bridgehead atoms. The summed E-state index contributed by atoms with van der Waals surface area (Å²) in [6.45, 7) is 13.1. The zero-order valence-corrected chi connectivity index (χ0v) is 11.2. The predicted octanol–water partition coefficient (Wildman–Crippen LogP) is -0.0838. The Bertz CT molecular complexity index is 122. The fraction of sp³-hybridized carbons (Fsp3) is 0.700. The van der Waals surface area contributed by atoms with Gasteiger partial charge in [-0.3, -0.25) is 10.7 Å². The molecule has 0 amide bonds. The van der Waals surface area contributed by atoms with E-state index in [-0.39, 0.29) is 75.9 Å². The molecule has 0 aromatic carbocycles. The Kier molecular flexibility index (Phi) is 12.2. The smallest absolute Gasteiger partial charge is 0.369 e.